The quantitative estimate of drug-likeness (QED) is 0.507. The van der Waals surface area contributed by atoms with Crippen LogP contribution in [0.5, 0.6) is 0 Å². The summed E-state index contributed by atoms with van der Waals surface area (Å²) < 4.78 is 0. The monoisotopic (exact) mass is 127 g/mol. The Bertz CT molecular complexity index is 108. The van der Waals surface area contributed by atoms with Crippen LogP contribution in [0.15, 0.2) is 0 Å². The Morgan fingerprint density at radius 1 is 1.44 bits per heavy atom. The molecule has 0 aliphatic carbocycles. The third-order valence-electron chi connectivity index (χ3n) is 1.54. The minimum absolute atomic E-state index is 0.0486. The molecule has 0 bridgehead atoms. The predicted molar refractivity (Wildman–Crippen MR) is 34.7 cm³/mol. The van der Waals surface area contributed by atoms with Crippen molar-refractivity contribution in [3.05, 3.63) is 7.05 Å². The van der Waals surface area contributed by atoms with Crippen LogP contribution in [0.2, 0.25) is 0 Å². The molecule has 1 fully saturated rings. The van der Waals surface area contributed by atoms with E-state index in [2.05, 4.69) is 12.4 Å². The lowest BCUT2D eigenvalue weighted by Gasteiger charge is -2.12. The molecule has 3 heteroatoms. The first-order valence-electron chi connectivity index (χ1n) is 3.16. The zero-order valence-electron chi connectivity index (χ0n) is 5.39. The van der Waals surface area contributed by atoms with E-state index in [1.54, 1.807) is 4.90 Å². The zero-order valence-corrected chi connectivity index (χ0v) is 5.39. The number of urea groups is 1. The molecule has 1 heterocycles. The number of hydrogen-bond acceptors (Lipinski definition) is 1. The molecule has 0 spiro atoms. The number of rotatable bonds is 0. The Labute approximate surface area is 55.0 Å². The van der Waals surface area contributed by atoms with Crippen molar-refractivity contribution in [3.63, 3.8) is 0 Å². The molecule has 1 aliphatic rings. The standard InChI is InChI=1S/C6H11N2O/c1-7-6(9)8-4-2-3-5-8/h1-5H2,(H,7,9). The normalized spacial score (nSPS) is 18.1. The van der Waals surface area contributed by atoms with E-state index in [1.165, 1.54) is 0 Å². The Morgan fingerprint density at radius 3 is 2.44 bits per heavy atom. The first-order chi connectivity index (χ1) is 4.34. The molecule has 0 atom stereocenters. The molecule has 0 aromatic carbocycles. The first kappa shape index (κ1) is 6.39. The summed E-state index contributed by atoms with van der Waals surface area (Å²) in [6.07, 6.45) is 2.26. The van der Waals surface area contributed by atoms with Crippen molar-refractivity contribution in [1.82, 2.24) is 10.2 Å². The van der Waals surface area contributed by atoms with E-state index in [-0.39, 0.29) is 6.03 Å². The number of hydrogen-bond donors (Lipinski definition) is 1. The van der Waals surface area contributed by atoms with Crippen LogP contribution < -0.4 is 5.32 Å². The van der Waals surface area contributed by atoms with Crippen molar-refractivity contribution < 1.29 is 4.79 Å². The highest BCUT2D eigenvalue weighted by molar-refractivity contribution is 5.74. The van der Waals surface area contributed by atoms with Gasteiger partial charge in [0.25, 0.3) is 0 Å². The van der Waals surface area contributed by atoms with Gasteiger partial charge in [-0.25, -0.2) is 4.79 Å². The SMILES string of the molecule is [CH2]NC(=O)N1CCCC1. The van der Waals surface area contributed by atoms with Gasteiger partial charge in [-0.1, -0.05) is 0 Å². The van der Waals surface area contributed by atoms with Crippen molar-refractivity contribution in [3.8, 4) is 0 Å². The molecule has 9 heavy (non-hydrogen) atoms. The molecule has 1 N–H and O–H groups in total. The van der Waals surface area contributed by atoms with E-state index >= 15 is 0 Å². The fourth-order valence-corrected chi connectivity index (χ4v) is 1.03. The summed E-state index contributed by atoms with van der Waals surface area (Å²) >= 11 is 0. The molecule has 1 saturated heterocycles. The van der Waals surface area contributed by atoms with E-state index in [0.717, 1.165) is 25.9 Å². The van der Waals surface area contributed by atoms with Gasteiger partial charge in [0.15, 0.2) is 0 Å². The predicted octanol–water partition coefficient (Wildman–Crippen LogP) is 0.583. The topological polar surface area (TPSA) is 32.3 Å². The third-order valence-corrected chi connectivity index (χ3v) is 1.54. The van der Waals surface area contributed by atoms with Crippen molar-refractivity contribution >= 4 is 6.03 Å². The summed E-state index contributed by atoms with van der Waals surface area (Å²) in [6, 6.07) is -0.0486. The molecular weight excluding hydrogens is 116 g/mol. The highest BCUT2D eigenvalue weighted by Crippen LogP contribution is 2.06. The lowest BCUT2D eigenvalue weighted by atomic mass is 10.4. The second-order valence-corrected chi connectivity index (χ2v) is 2.18. The maximum Gasteiger partial charge on any atom is 0.317 e. The first-order valence-corrected chi connectivity index (χ1v) is 3.16. The van der Waals surface area contributed by atoms with Gasteiger partial charge in [-0.2, -0.15) is 0 Å². The Balaban J connectivity index is 2.32. The van der Waals surface area contributed by atoms with Crippen LogP contribution in [0.25, 0.3) is 0 Å². The summed E-state index contributed by atoms with van der Waals surface area (Å²) in [6.45, 7) is 1.78. The lowest BCUT2D eigenvalue weighted by Crippen LogP contribution is -2.34. The highest BCUT2D eigenvalue weighted by atomic mass is 16.2. The van der Waals surface area contributed by atoms with Crippen LogP contribution in [0, 0.1) is 7.05 Å². The molecule has 2 amide bonds. The molecule has 0 aromatic rings. The van der Waals surface area contributed by atoms with Crippen molar-refractivity contribution in [1.29, 1.82) is 0 Å². The molecule has 0 aromatic heterocycles. The molecule has 3 nitrogen and oxygen atoms in total. The van der Waals surface area contributed by atoms with Gasteiger partial charge in [-0.3, -0.25) is 0 Å². The number of nitrogens with zero attached hydrogens (tertiary/aromatic N) is 1. The fraction of sp³-hybridized carbons (Fsp3) is 0.667. The maximum absolute atomic E-state index is 10.8. The van der Waals surface area contributed by atoms with Gasteiger partial charge in [0.05, 0.1) is 0 Å². The van der Waals surface area contributed by atoms with Crippen LogP contribution in [0.3, 0.4) is 0 Å². The molecule has 51 valence electrons. The molecule has 0 unspecified atom stereocenters. The molecule has 1 radical (unpaired) electrons. The molecular formula is C6H11N2O. The summed E-state index contributed by atoms with van der Waals surface area (Å²) in [5, 5.41) is 2.34. The number of nitrogens with one attached hydrogen (secondary N) is 1. The lowest BCUT2D eigenvalue weighted by molar-refractivity contribution is 0.212. The number of carbonyl (C=O) groups excluding carboxylic acids is 1. The Morgan fingerprint density at radius 2 is 2.00 bits per heavy atom. The van der Waals surface area contributed by atoms with Crippen LogP contribution >= 0.6 is 0 Å². The number of carbonyl (C=O) groups is 1. The van der Waals surface area contributed by atoms with Crippen LogP contribution in [-0.4, -0.2) is 24.0 Å². The second-order valence-electron chi connectivity index (χ2n) is 2.18. The third kappa shape index (κ3) is 1.34. The van der Waals surface area contributed by atoms with Gasteiger partial charge in [0.1, 0.15) is 0 Å². The average molecular weight is 127 g/mol. The van der Waals surface area contributed by atoms with Crippen molar-refractivity contribution in [2.24, 2.45) is 0 Å². The molecule has 0 saturated carbocycles. The van der Waals surface area contributed by atoms with E-state index in [9.17, 15) is 4.79 Å². The fourth-order valence-electron chi connectivity index (χ4n) is 1.03. The second kappa shape index (κ2) is 2.71. The highest BCUT2D eigenvalue weighted by Gasteiger charge is 2.15. The van der Waals surface area contributed by atoms with Gasteiger partial charge in [0.2, 0.25) is 0 Å². The summed E-state index contributed by atoms with van der Waals surface area (Å²) in [5.74, 6) is 0. The van der Waals surface area contributed by atoms with Gasteiger partial charge < -0.3 is 10.2 Å². The number of amides is 2. The van der Waals surface area contributed by atoms with Gasteiger partial charge in [0, 0.05) is 20.1 Å². The summed E-state index contributed by atoms with van der Waals surface area (Å²) in [5.41, 5.74) is 0. The van der Waals surface area contributed by atoms with Gasteiger partial charge in [-0.05, 0) is 12.8 Å². The molecule has 1 rings (SSSR count). The zero-order chi connectivity index (χ0) is 6.69. The summed E-state index contributed by atoms with van der Waals surface area (Å²) in [4.78, 5) is 12.5. The largest absolute Gasteiger partial charge is 0.336 e. The van der Waals surface area contributed by atoms with Crippen molar-refractivity contribution in [2.45, 2.75) is 12.8 Å². The minimum atomic E-state index is -0.0486. The Hall–Kier alpha value is -0.730. The number of likely N-dealkylation sites (tertiary alicyclic amines) is 1. The van der Waals surface area contributed by atoms with Crippen LogP contribution in [0.1, 0.15) is 12.8 Å². The van der Waals surface area contributed by atoms with Crippen LogP contribution in [0.4, 0.5) is 4.79 Å². The van der Waals surface area contributed by atoms with E-state index in [0.29, 0.717) is 0 Å². The van der Waals surface area contributed by atoms with E-state index in [4.69, 9.17) is 0 Å². The van der Waals surface area contributed by atoms with Crippen LogP contribution in [-0.2, 0) is 0 Å². The van der Waals surface area contributed by atoms with E-state index < -0.39 is 0 Å². The van der Waals surface area contributed by atoms with Gasteiger partial charge >= 0.3 is 6.03 Å². The Kier molecular flexibility index (Phi) is 1.92. The smallest absolute Gasteiger partial charge is 0.317 e. The van der Waals surface area contributed by atoms with Gasteiger partial charge in [-0.15, -0.1) is 0 Å². The average Bonchev–Trinajstić information content (AvgIpc) is 2.37. The van der Waals surface area contributed by atoms with E-state index in [1.807, 2.05) is 0 Å². The molecule has 1 aliphatic heterocycles. The summed E-state index contributed by atoms with van der Waals surface area (Å²) in [7, 11) is 3.29. The maximum atomic E-state index is 10.8. The van der Waals surface area contributed by atoms with Crippen molar-refractivity contribution in [2.75, 3.05) is 13.1 Å². The minimum Gasteiger partial charge on any atom is -0.336 e.